The van der Waals surface area contributed by atoms with Crippen LogP contribution in [0.5, 0.6) is 0 Å². The van der Waals surface area contributed by atoms with Gasteiger partial charge in [0.1, 0.15) is 5.57 Å². The lowest BCUT2D eigenvalue weighted by molar-refractivity contribution is -0.139. The van der Waals surface area contributed by atoms with Gasteiger partial charge in [-0.3, -0.25) is 4.79 Å². The van der Waals surface area contributed by atoms with Crippen LogP contribution in [-0.2, 0) is 14.3 Å². The van der Waals surface area contributed by atoms with E-state index in [2.05, 4.69) is 4.74 Å². The highest BCUT2D eigenvalue weighted by atomic mass is 35.5. The molecule has 0 aliphatic rings. The monoisotopic (exact) mass is 224 g/mol. The van der Waals surface area contributed by atoms with E-state index in [9.17, 15) is 9.59 Å². The van der Waals surface area contributed by atoms with Gasteiger partial charge in [0.25, 0.3) is 0 Å². The minimum absolute atomic E-state index is 0.101. The Morgan fingerprint density at radius 1 is 1.38 bits per heavy atom. The van der Waals surface area contributed by atoms with Crippen LogP contribution < -0.4 is 0 Å². The molecular formula is C8H10Cl2O3. The summed E-state index contributed by atoms with van der Waals surface area (Å²) < 4.78 is 4.63. The quantitative estimate of drug-likeness (QED) is 0.241. The van der Waals surface area contributed by atoms with Crippen molar-refractivity contribution < 1.29 is 14.3 Å². The van der Waals surface area contributed by atoms with Gasteiger partial charge >= 0.3 is 5.97 Å². The van der Waals surface area contributed by atoms with E-state index in [-0.39, 0.29) is 23.1 Å². The predicted molar refractivity (Wildman–Crippen MR) is 50.9 cm³/mol. The van der Waals surface area contributed by atoms with E-state index in [1.165, 1.54) is 6.92 Å². The average molecular weight is 225 g/mol. The normalized spacial score (nSPS) is 12.0. The van der Waals surface area contributed by atoms with Crippen LogP contribution in [0, 0.1) is 0 Å². The Balaban J connectivity index is 4.75. The second-order valence-electron chi connectivity index (χ2n) is 2.19. The van der Waals surface area contributed by atoms with Gasteiger partial charge < -0.3 is 4.74 Å². The summed E-state index contributed by atoms with van der Waals surface area (Å²) in [7, 11) is 0. The molecule has 0 unspecified atom stereocenters. The lowest BCUT2D eigenvalue weighted by Crippen LogP contribution is -2.17. The minimum atomic E-state index is -0.722. The Morgan fingerprint density at radius 3 is 2.23 bits per heavy atom. The second-order valence-corrected chi connectivity index (χ2v) is 3.02. The summed E-state index contributed by atoms with van der Waals surface area (Å²) in [4.78, 5) is 22.2. The number of carbonyl (C=O) groups is 2. The Labute approximate surface area is 86.6 Å². The number of carbonyl (C=O) groups excluding carboxylic acids is 2. The molecule has 74 valence electrons. The summed E-state index contributed by atoms with van der Waals surface area (Å²) in [6.45, 7) is 3.28. The van der Waals surface area contributed by atoms with Crippen LogP contribution in [0.1, 0.15) is 13.8 Å². The molecule has 0 saturated carbocycles. The molecule has 0 bridgehead atoms. The summed E-state index contributed by atoms with van der Waals surface area (Å²) in [5, 5.41) is 0.101. The highest BCUT2D eigenvalue weighted by Gasteiger charge is 2.20. The molecular weight excluding hydrogens is 215 g/mol. The van der Waals surface area contributed by atoms with E-state index in [4.69, 9.17) is 23.2 Å². The van der Waals surface area contributed by atoms with Crippen molar-refractivity contribution in [2.24, 2.45) is 0 Å². The summed E-state index contributed by atoms with van der Waals surface area (Å²) in [6, 6.07) is 0. The van der Waals surface area contributed by atoms with Crippen LogP contribution in [0.15, 0.2) is 10.6 Å². The van der Waals surface area contributed by atoms with Crippen LogP contribution in [0.25, 0.3) is 0 Å². The van der Waals surface area contributed by atoms with Crippen molar-refractivity contribution in [3.05, 3.63) is 10.6 Å². The highest BCUT2D eigenvalue weighted by molar-refractivity contribution is 6.40. The summed E-state index contributed by atoms with van der Waals surface area (Å²) in [5.74, 6) is -1.52. The number of hydrogen-bond acceptors (Lipinski definition) is 3. The first-order chi connectivity index (χ1) is 6.04. The summed E-state index contributed by atoms with van der Waals surface area (Å²) in [5.41, 5.74) is -0.168. The zero-order valence-electron chi connectivity index (χ0n) is 7.39. The van der Waals surface area contributed by atoms with E-state index in [0.717, 1.165) is 0 Å². The van der Waals surface area contributed by atoms with Crippen LogP contribution in [-0.4, -0.2) is 24.2 Å². The molecule has 0 aromatic carbocycles. The van der Waals surface area contributed by atoms with Crippen molar-refractivity contribution in [3.63, 3.8) is 0 Å². The van der Waals surface area contributed by atoms with Gasteiger partial charge in [0, 0.05) is 5.03 Å². The van der Waals surface area contributed by atoms with E-state index < -0.39 is 11.8 Å². The Hall–Kier alpha value is -0.540. The Kier molecular flexibility index (Phi) is 5.75. The van der Waals surface area contributed by atoms with Gasteiger partial charge in [-0.2, -0.15) is 0 Å². The average Bonchev–Trinajstić information content (AvgIpc) is 2.04. The first-order valence-corrected chi connectivity index (χ1v) is 4.58. The molecule has 0 fully saturated rings. The van der Waals surface area contributed by atoms with Crippen molar-refractivity contribution in [2.45, 2.75) is 13.8 Å². The van der Waals surface area contributed by atoms with Gasteiger partial charge in [0.2, 0.25) is 0 Å². The van der Waals surface area contributed by atoms with Crippen molar-refractivity contribution in [1.29, 1.82) is 0 Å². The van der Waals surface area contributed by atoms with Crippen LogP contribution in [0.4, 0.5) is 0 Å². The molecule has 0 saturated heterocycles. The molecule has 0 N–H and O–H groups in total. The topological polar surface area (TPSA) is 43.4 Å². The number of ketones is 1. The summed E-state index contributed by atoms with van der Waals surface area (Å²) >= 11 is 10.8. The molecule has 0 heterocycles. The summed E-state index contributed by atoms with van der Waals surface area (Å²) in [6.07, 6.45) is 0. The maximum atomic E-state index is 11.1. The standard InChI is InChI=1S/C8H10Cl2O3/c1-3-13-8(12)7(5(2)10)6(11)4-9/h3-4H2,1-2H3/b7-5+. The van der Waals surface area contributed by atoms with Crippen LogP contribution >= 0.6 is 23.2 Å². The van der Waals surface area contributed by atoms with E-state index in [1.807, 2.05) is 0 Å². The van der Waals surface area contributed by atoms with Gasteiger partial charge in [-0.05, 0) is 13.8 Å². The third-order valence-electron chi connectivity index (χ3n) is 1.22. The molecule has 0 atom stereocenters. The number of allylic oxidation sites excluding steroid dienone is 1. The fraction of sp³-hybridized carbons (Fsp3) is 0.500. The number of hydrogen-bond donors (Lipinski definition) is 0. The lowest BCUT2D eigenvalue weighted by atomic mass is 10.2. The zero-order valence-corrected chi connectivity index (χ0v) is 8.91. The molecule has 0 rings (SSSR count). The molecule has 5 heteroatoms. The fourth-order valence-corrected chi connectivity index (χ4v) is 1.03. The number of rotatable bonds is 4. The fourth-order valence-electron chi connectivity index (χ4n) is 0.717. The molecule has 0 aromatic heterocycles. The first-order valence-electron chi connectivity index (χ1n) is 3.67. The van der Waals surface area contributed by atoms with Crippen molar-refractivity contribution >= 4 is 35.0 Å². The number of halogens is 2. The van der Waals surface area contributed by atoms with Gasteiger partial charge in [-0.15, -0.1) is 11.6 Å². The SMILES string of the molecule is CCOC(=O)/C(C(=O)CCl)=C(\C)Cl. The molecule has 0 aliphatic carbocycles. The zero-order chi connectivity index (χ0) is 10.4. The van der Waals surface area contributed by atoms with Crippen LogP contribution in [0.3, 0.4) is 0 Å². The molecule has 0 aliphatic heterocycles. The third-order valence-corrected chi connectivity index (χ3v) is 1.66. The third kappa shape index (κ3) is 3.79. The Bertz CT molecular complexity index is 242. The molecule has 0 radical (unpaired) electrons. The largest absolute Gasteiger partial charge is 0.462 e. The maximum Gasteiger partial charge on any atom is 0.342 e. The molecule has 13 heavy (non-hydrogen) atoms. The van der Waals surface area contributed by atoms with Gasteiger partial charge in [-0.25, -0.2) is 4.79 Å². The van der Waals surface area contributed by atoms with E-state index in [1.54, 1.807) is 6.92 Å². The number of alkyl halides is 1. The van der Waals surface area contributed by atoms with Crippen molar-refractivity contribution in [3.8, 4) is 0 Å². The van der Waals surface area contributed by atoms with Crippen molar-refractivity contribution in [1.82, 2.24) is 0 Å². The molecule has 0 spiro atoms. The number of Topliss-reactive ketones (excluding diaryl/α,β-unsaturated/α-hetero) is 1. The Morgan fingerprint density at radius 2 is 1.92 bits per heavy atom. The maximum absolute atomic E-state index is 11.1. The smallest absolute Gasteiger partial charge is 0.342 e. The van der Waals surface area contributed by atoms with Gasteiger partial charge in [-0.1, -0.05) is 11.6 Å². The van der Waals surface area contributed by atoms with Gasteiger partial charge in [0.15, 0.2) is 5.78 Å². The molecule has 0 aromatic rings. The van der Waals surface area contributed by atoms with Crippen molar-refractivity contribution in [2.75, 3.05) is 12.5 Å². The second kappa shape index (κ2) is 6.00. The lowest BCUT2D eigenvalue weighted by Gasteiger charge is -2.04. The molecule has 0 amide bonds. The highest BCUT2D eigenvalue weighted by Crippen LogP contribution is 2.12. The number of ether oxygens (including phenoxy) is 1. The number of esters is 1. The van der Waals surface area contributed by atoms with E-state index >= 15 is 0 Å². The minimum Gasteiger partial charge on any atom is -0.462 e. The van der Waals surface area contributed by atoms with E-state index in [0.29, 0.717) is 0 Å². The van der Waals surface area contributed by atoms with Crippen LogP contribution in [0.2, 0.25) is 0 Å². The molecule has 3 nitrogen and oxygen atoms in total. The predicted octanol–water partition coefficient (Wildman–Crippen LogP) is 1.87. The first kappa shape index (κ1) is 12.5. The van der Waals surface area contributed by atoms with Gasteiger partial charge in [0.05, 0.1) is 12.5 Å².